The third-order valence-electron chi connectivity index (χ3n) is 4.51. The maximum Gasteiger partial charge on any atom is 0.254 e. The van der Waals surface area contributed by atoms with E-state index >= 15 is 0 Å². The Morgan fingerprint density at radius 1 is 1.30 bits per heavy atom. The number of carbonyl (C=O) groups is 1. The van der Waals surface area contributed by atoms with Gasteiger partial charge >= 0.3 is 0 Å². The first-order valence-electron chi connectivity index (χ1n) is 7.75. The van der Waals surface area contributed by atoms with Crippen LogP contribution in [-0.2, 0) is 0 Å². The topological polar surface area (TPSA) is 64.8 Å². The largest absolute Gasteiger partial charge is 0.496 e. The van der Waals surface area contributed by atoms with E-state index in [-0.39, 0.29) is 24.4 Å². The van der Waals surface area contributed by atoms with Gasteiger partial charge in [0.25, 0.3) is 5.91 Å². The number of ether oxygens (including phenoxy) is 2. The minimum Gasteiger partial charge on any atom is -0.496 e. The van der Waals surface area contributed by atoms with E-state index in [0.717, 1.165) is 24.9 Å². The molecular formula is C17H27ClN2O3. The maximum atomic E-state index is 12.9. The van der Waals surface area contributed by atoms with Gasteiger partial charge < -0.3 is 20.1 Å². The Morgan fingerprint density at radius 3 is 2.35 bits per heavy atom. The average Bonchev–Trinajstić information content (AvgIpc) is 2.54. The number of hydrogen-bond donors (Lipinski definition) is 1. The van der Waals surface area contributed by atoms with Gasteiger partial charge in [0.15, 0.2) is 0 Å². The number of methoxy groups -OCH3 is 2. The van der Waals surface area contributed by atoms with Crippen molar-refractivity contribution in [2.75, 3.05) is 27.3 Å². The molecule has 1 aromatic rings. The summed E-state index contributed by atoms with van der Waals surface area (Å²) in [6, 6.07) is 3.67. The third kappa shape index (κ3) is 4.09. The van der Waals surface area contributed by atoms with Crippen molar-refractivity contribution in [1.29, 1.82) is 0 Å². The number of nitrogens with zero attached hydrogens (tertiary/aromatic N) is 1. The Hall–Kier alpha value is -1.46. The van der Waals surface area contributed by atoms with Gasteiger partial charge in [0, 0.05) is 30.3 Å². The van der Waals surface area contributed by atoms with Crippen LogP contribution in [0.3, 0.4) is 0 Å². The van der Waals surface area contributed by atoms with E-state index in [1.54, 1.807) is 26.4 Å². The van der Waals surface area contributed by atoms with E-state index in [1.165, 1.54) is 0 Å². The molecule has 2 rings (SSSR count). The lowest BCUT2D eigenvalue weighted by Gasteiger charge is -2.38. The molecule has 130 valence electrons. The van der Waals surface area contributed by atoms with Gasteiger partial charge in [-0.3, -0.25) is 4.79 Å². The number of hydrogen-bond acceptors (Lipinski definition) is 4. The lowest BCUT2D eigenvalue weighted by molar-refractivity contribution is 0.0573. The van der Waals surface area contributed by atoms with E-state index in [2.05, 4.69) is 6.92 Å². The molecule has 1 amide bonds. The fourth-order valence-electron chi connectivity index (χ4n) is 3.12. The Bertz CT molecular complexity index is 526. The van der Waals surface area contributed by atoms with Crippen molar-refractivity contribution in [1.82, 2.24) is 4.90 Å². The van der Waals surface area contributed by atoms with E-state index in [4.69, 9.17) is 15.2 Å². The summed E-state index contributed by atoms with van der Waals surface area (Å²) in [4.78, 5) is 14.8. The van der Waals surface area contributed by atoms with Crippen LogP contribution in [0.25, 0.3) is 0 Å². The standard InChI is InChI=1S/C17H26N2O3.ClH/c1-11-5-6-19(14(7-11)10-18)17(20)13-8-15(21-3)12(2)16(9-13)22-4;/h8-9,11,14H,5-7,10,18H2,1-4H3;1H. The van der Waals surface area contributed by atoms with Gasteiger partial charge in [-0.2, -0.15) is 0 Å². The number of halogens is 1. The number of rotatable bonds is 4. The van der Waals surface area contributed by atoms with Crippen LogP contribution in [0.4, 0.5) is 0 Å². The summed E-state index contributed by atoms with van der Waals surface area (Å²) in [6.45, 7) is 5.37. The monoisotopic (exact) mass is 342 g/mol. The molecule has 1 aliphatic rings. The molecule has 0 aliphatic carbocycles. The summed E-state index contributed by atoms with van der Waals surface area (Å²) < 4.78 is 10.7. The lowest BCUT2D eigenvalue weighted by Crippen LogP contribution is -2.49. The number of benzene rings is 1. The lowest BCUT2D eigenvalue weighted by atomic mass is 9.91. The molecule has 2 N–H and O–H groups in total. The maximum absolute atomic E-state index is 12.9. The molecule has 0 spiro atoms. The van der Waals surface area contributed by atoms with Crippen LogP contribution in [0.15, 0.2) is 12.1 Å². The molecule has 23 heavy (non-hydrogen) atoms. The number of amides is 1. The second-order valence-electron chi connectivity index (χ2n) is 6.02. The highest BCUT2D eigenvalue weighted by atomic mass is 35.5. The van der Waals surface area contributed by atoms with Gasteiger partial charge in [-0.1, -0.05) is 6.92 Å². The number of carbonyl (C=O) groups excluding carboxylic acids is 1. The first-order chi connectivity index (χ1) is 10.5. The molecule has 0 radical (unpaired) electrons. The summed E-state index contributed by atoms with van der Waals surface area (Å²) in [5, 5.41) is 0. The van der Waals surface area contributed by atoms with Crippen molar-refractivity contribution in [2.45, 2.75) is 32.7 Å². The minimum absolute atomic E-state index is 0. The van der Waals surface area contributed by atoms with E-state index in [9.17, 15) is 4.79 Å². The van der Waals surface area contributed by atoms with Crippen molar-refractivity contribution in [2.24, 2.45) is 11.7 Å². The van der Waals surface area contributed by atoms with Gasteiger partial charge in [0.1, 0.15) is 11.5 Å². The molecule has 1 saturated heterocycles. The zero-order valence-corrected chi connectivity index (χ0v) is 15.1. The van der Waals surface area contributed by atoms with Crippen LogP contribution >= 0.6 is 12.4 Å². The molecule has 0 bridgehead atoms. The highest BCUT2D eigenvalue weighted by Crippen LogP contribution is 2.31. The van der Waals surface area contributed by atoms with Crippen LogP contribution in [-0.4, -0.2) is 44.2 Å². The predicted molar refractivity (Wildman–Crippen MR) is 93.8 cm³/mol. The first kappa shape index (κ1) is 19.6. The summed E-state index contributed by atoms with van der Waals surface area (Å²) in [6.07, 6.45) is 1.98. The van der Waals surface area contributed by atoms with Gasteiger partial charge in [-0.15, -0.1) is 12.4 Å². The predicted octanol–water partition coefficient (Wildman–Crippen LogP) is 2.63. The number of piperidine rings is 1. The van der Waals surface area contributed by atoms with Gasteiger partial charge in [-0.05, 0) is 37.8 Å². The minimum atomic E-state index is -0.000972. The molecular weight excluding hydrogens is 316 g/mol. The Kier molecular flexibility index (Phi) is 7.16. The molecule has 0 saturated carbocycles. The molecule has 1 fully saturated rings. The quantitative estimate of drug-likeness (QED) is 0.913. The van der Waals surface area contributed by atoms with Gasteiger partial charge in [-0.25, -0.2) is 0 Å². The molecule has 1 aromatic carbocycles. The average molecular weight is 343 g/mol. The van der Waals surface area contributed by atoms with E-state index in [1.807, 2.05) is 11.8 Å². The molecule has 2 unspecified atom stereocenters. The second kappa shape index (κ2) is 8.41. The summed E-state index contributed by atoms with van der Waals surface area (Å²) >= 11 is 0. The van der Waals surface area contributed by atoms with E-state index in [0.29, 0.717) is 29.5 Å². The van der Waals surface area contributed by atoms with Crippen molar-refractivity contribution in [3.05, 3.63) is 23.3 Å². The Morgan fingerprint density at radius 2 is 1.87 bits per heavy atom. The highest BCUT2D eigenvalue weighted by molar-refractivity contribution is 5.95. The van der Waals surface area contributed by atoms with Gasteiger partial charge in [0.2, 0.25) is 0 Å². The Labute approximate surface area is 144 Å². The van der Waals surface area contributed by atoms with Crippen LogP contribution in [0.2, 0.25) is 0 Å². The molecule has 1 aliphatic heterocycles. The zero-order chi connectivity index (χ0) is 16.3. The number of nitrogens with two attached hydrogens (primary N) is 1. The smallest absolute Gasteiger partial charge is 0.254 e. The third-order valence-corrected chi connectivity index (χ3v) is 4.51. The summed E-state index contributed by atoms with van der Waals surface area (Å²) in [5.41, 5.74) is 7.35. The zero-order valence-electron chi connectivity index (χ0n) is 14.3. The van der Waals surface area contributed by atoms with Crippen molar-refractivity contribution >= 4 is 18.3 Å². The van der Waals surface area contributed by atoms with Crippen LogP contribution in [0.1, 0.15) is 35.7 Å². The van der Waals surface area contributed by atoms with Crippen LogP contribution in [0.5, 0.6) is 11.5 Å². The first-order valence-corrected chi connectivity index (χ1v) is 7.75. The molecule has 6 heteroatoms. The highest BCUT2D eigenvalue weighted by Gasteiger charge is 2.30. The summed E-state index contributed by atoms with van der Waals surface area (Å²) in [5.74, 6) is 1.94. The van der Waals surface area contributed by atoms with Crippen molar-refractivity contribution in [3.8, 4) is 11.5 Å². The summed E-state index contributed by atoms with van der Waals surface area (Å²) in [7, 11) is 3.20. The second-order valence-corrected chi connectivity index (χ2v) is 6.02. The van der Waals surface area contributed by atoms with E-state index < -0.39 is 0 Å². The SMILES string of the molecule is COc1cc(C(=O)N2CCC(C)CC2CN)cc(OC)c1C.Cl. The number of likely N-dealkylation sites (tertiary alicyclic amines) is 1. The van der Waals surface area contributed by atoms with Crippen LogP contribution < -0.4 is 15.2 Å². The molecule has 2 atom stereocenters. The normalized spacial score (nSPS) is 20.7. The van der Waals surface area contributed by atoms with Crippen molar-refractivity contribution < 1.29 is 14.3 Å². The van der Waals surface area contributed by atoms with Crippen LogP contribution in [0, 0.1) is 12.8 Å². The molecule has 0 aromatic heterocycles. The molecule has 1 heterocycles. The fourth-order valence-corrected chi connectivity index (χ4v) is 3.12. The van der Waals surface area contributed by atoms with Crippen molar-refractivity contribution in [3.63, 3.8) is 0 Å². The fraction of sp³-hybridized carbons (Fsp3) is 0.588. The van der Waals surface area contributed by atoms with Gasteiger partial charge in [0.05, 0.1) is 14.2 Å². The molecule has 5 nitrogen and oxygen atoms in total. The Balaban J connectivity index is 0.00000264.